The van der Waals surface area contributed by atoms with Gasteiger partial charge in [-0.05, 0) is 25.7 Å². The number of aliphatic hydroxyl groups excluding tert-OH is 1. The van der Waals surface area contributed by atoms with E-state index in [1.165, 1.54) is 0 Å². The van der Waals surface area contributed by atoms with Crippen LogP contribution >= 0.6 is 0 Å². The Hall–Kier alpha value is -1.10. The SMILES string of the molecule is O=C(O)C1(C(=O)OCC2(CO)CCCCC2)CCCCC1. The van der Waals surface area contributed by atoms with E-state index in [4.69, 9.17) is 4.74 Å². The lowest BCUT2D eigenvalue weighted by Crippen LogP contribution is -2.44. The molecule has 5 nitrogen and oxygen atoms in total. The van der Waals surface area contributed by atoms with Crippen LogP contribution in [0.25, 0.3) is 0 Å². The summed E-state index contributed by atoms with van der Waals surface area (Å²) >= 11 is 0. The molecule has 2 aliphatic rings. The molecule has 0 heterocycles. The molecule has 0 bridgehead atoms. The monoisotopic (exact) mass is 298 g/mol. The molecule has 0 aliphatic heterocycles. The fraction of sp³-hybridized carbons (Fsp3) is 0.875. The van der Waals surface area contributed by atoms with Gasteiger partial charge in [0.05, 0.1) is 13.2 Å². The predicted octanol–water partition coefficient (Wildman–Crippen LogP) is 2.51. The van der Waals surface area contributed by atoms with E-state index in [1.807, 2.05) is 0 Å². The molecule has 0 radical (unpaired) electrons. The van der Waals surface area contributed by atoms with Gasteiger partial charge < -0.3 is 14.9 Å². The quantitative estimate of drug-likeness (QED) is 0.602. The minimum absolute atomic E-state index is 0.000349. The number of aliphatic carboxylic acids is 1. The first-order valence-electron chi connectivity index (χ1n) is 8.06. The average molecular weight is 298 g/mol. The molecule has 0 unspecified atom stereocenters. The molecule has 0 amide bonds. The van der Waals surface area contributed by atoms with Gasteiger partial charge in [-0.1, -0.05) is 38.5 Å². The van der Waals surface area contributed by atoms with E-state index in [9.17, 15) is 19.8 Å². The van der Waals surface area contributed by atoms with Crippen LogP contribution in [0.3, 0.4) is 0 Å². The van der Waals surface area contributed by atoms with E-state index in [1.54, 1.807) is 0 Å². The zero-order valence-corrected chi connectivity index (χ0v) is 12.6. The molecular weight excluding hydrogens is 272 g/mol. The number of rotatable bonds is 5. The summed E-state index contributed by atoms with van der Waals surface area (Å²) in [5.74, 6) is -1.66. The first-order chi connectivity index (χ1) is 10.0. The van der Waals surface area contributed by atoms with Crippen LogP contribution in [0.4, 0.5) is 0 Å². The van der Waals surface area contributed by atoms with Crippen molar-refractivity contribution in [1.29, 1.82) is 0 Å². The summed E-state index contributed by atoms with van der Waals surface area (Å²) in [6.07, 6.45) is 8.12. The molecule has 2 N–H and O–H groups in total. The molecule has 0 aromatic rings. The third-order valence-corrected chi connectivity index (χ3v) is 5.27. The Kier molecular flexibility index (Phi) is 5.25. The first-order valence-corrected chi connectivity index (χ1v) is 8.06. The molecule has 0 saturated heterocycles. The molecule has 21 heavy (non-hydrogen) atoms. The van der Waals surface area contributed by atoms with Gasteiger partial charge in [0.25, 0.3) is 0 Å². The number of aliphatic hydroxyl groups is 1. The zero-order chi connectivity index (χ0) is 15.3. The number of esters is 1. The van der Waals surface area contributed by atoms with E-state index in [0.29, 0.717) is 12.8 Å². The van der Waals surface area contributed by atoms with Gasteiger partial charge in [-0.3, -0.25) is 9.59 Å². The summed E-state index contributed by atoms with van der Waals surface area (Å²) in [7, 11) is 0. The van der Waals surface area contributed by atoms with Gasteiger partial charge in [0.1, 0.15) is 0 Å². The van der Waals surface area contributed by atoms with Crippen LogP contribution in [0.2, 0.25) is 0 Å². The van der Waals surface area contributed by atoms with Crippen molar-refractivity contribution in [3.05, 3.63) is 0 Å². The Morgan fingerprint density at radius 3 is 1.90 bits per heavy atom. The molecule has 0 aromatic heterocycles. The second-order valence-electron chi connectivity index (χ2n) is 6.74. The van der Waals surface area contributed by atoms with Crippen LogP contribution < -0.4 is 0 Å². The van der Waals surface area contributed by atoms with Crippen LogP contribution in [-0.2, 0) is 14.3 Å². The Morgan fingerprint density at radius 1 is 0.905 bits per heavy atom. The number of hydrogen-bond acceptors (Lipinski definition) is 4. The second kappa shape index (κ2) is 6.77. The topological polar surface area (TPSA) is 83.8 Å². The van der Waals surface area contributed by atoms with Crippen LogP contribution in [-0.4, -0.2) is 35.4 Å². The summed E-state index contributed by atoms with van der Waals surface area (Å²) < 4.78 is 5.40. The summed E-state index contributed by atoms with van der Waals surface area (Å²) in [4.78, 5) is 23.9. The molecule has 0 aromatic carbocycles. The molecule has 2 aliphatic carbocycles. The highest BCUT2D eigenvalue weighted by Gasteiger charge is 2.49. The highest BCUT2D eigenvalue weighted by molar-refractivity contribution is 5.99. The van der Waals surface area contributed by atoms with Crippen molar-refractivity contribution in [3.8, 4) is 0 Å². The Morgan fingerprint density at radius 2 is 1.43 bits per heavy atom. The van der Waals surface area contributed by atoms with Crippen molar-refractivity contribution in [2.45, 2.75) is 64.2 Å². The number of carbonyl (C=O) groups excluding carboxylic acids is 1. The summed E-state index contributed by atoms with van der Waals surface area (Å²) in [6, 6.07) is 0. The fourth-order valence-electron chi connectivity index (χ4n) is 3.67. The van der Waals surface area contributed by atoms with Crippen molar-refractivity contribution in [1.82, 2.24) is 0 Å². The highest BCUT2D eigenvalue weighted by Crippen LogP contribution is 2.40. The minimum Gasteiger partial charge on any atom is -0.480 e. The number of ether oxygens (including phenoxy) is 1. The number of hydrogen-bond donors (Lipinski definition) is 2. The Bertz CT molecular complexity index is 378. The summed E-state index contributed by atoms with van der Waals surface area (Å²) in [5, 5.41) is 19.1. The van der Waals surface area contributed by atoms with Gasteiger partial charge in [-0.25, -0.2) is 0 Å². The van der Waals surface area contributed by atoms with Gasteiger partial charge >= 0.3 is 11.9 Å². The highest BCUT2D eigenvalue weighted by atomic mass is 16.5. The lowest BCUT2D eigenvalue weighted by Gasteiger charge is -2.37. The average Bonchev–Trinajstić information content (AvgIpc) is 2.54. The maximum absolute atomic E-state index is 12.4. The molecule has 0 atom stereocenters. The van der Waals surface area contributed by atoms with Crippen molar-refractivity contribution in [3.63, 3.8) is 0 Å². The van der Waals surface area contributed by atoms with Crippen molar-refractivity contribution in [2.24, 2.45) is 10.8 Å². The van der Waals surface area contributed by atoms with E-state index in [0.717, 1.165) is 51.4 Å². The van der Waals surface area contributed by atoms with Gasteiger partial charge in [0.15, 0.2) is 5.41 Å². The maximum atomic E-state index is 12.4. The lowest BCUT2D eigenvalue weighted by molar-refractivity contribution is -0.175. The first kappa shape index (κ1) is 16.3. The molecule has 120 valence electrons. The van der Waals surface area contributed by atoms with Gasteiger partial charge in [-0.2, -0.15) is 0 Å². The van der Waals surface area contributed by atoms with E-state index in [-0.39, 0.29) is 18.6 Å². The lowest BCUT2D eigenvalue weighted by atomic mass is 9.73. The Labute approximate surface area is 125 Å². The van der Waals surface area contributed by atoms with Crippen molar-refractivity contribution in [2.75, 3.05) is 13.2 Å². The van der Waals surface area contributed by atoms with E-state index in [2.05, 4.69) is 0 Å². The summed E-state index contributed by atoms with van der Waals surface area (Å²) in [5.41, 5.74) is -1.72. The molecule has 2 fully saturated rings. The fourth-order valence-corrected chi connectivity index (χ4v) is 3.67. The van der Waals surface area contributed by atoms with E-state index >= 15 is 0 Å². The van der Waals surface area contributed by atoms with Crippen LogP contribution in [0.1, 0.15) is 64.2 Å². The molecule has 5 heteroatoms. The summed E-state index contributed by atoms with van der Waals surface area (Å²) in [6.45, 7) is 0.151. The van der Waals surface area contributed by atoms with E-state index < -0.39 is 17.4 Å². The third kappa shape index (κ3) is 3.39. The number of carbonyl (C=O) groups is 2. The molecule has 0 spiro atoms. The van der Waals surface area contributed by atoms with Crippen LogP contribution in [0, 0.1) is 10.8 Å². The molecular formula is C16H26O5. The third-order valence-electron chi connectivity index (χ3n) is 5.27. The zero-order valence-electron chi connectivity index (χ0n) is 12.6. The largest absolute Gasteiger partial charge is 0.480 e. The normalized spacial score (nSPS) is 24.2. The maximum Gasteiger partial charge on any atom is 0.323 e. The number of carboxylic acids is 1. The van der Waals surface area contributed by atoms with Gasteiger partial charge in [0, 0.05) is 5.41 Å². The smallest absolute Gasteiger partial charge is 0.323 e. The molecule has 2 rings (SSSR count). The standard InChI is InChI=1S/C16H26O5/c17-11-15(7-3-1-4-8-15)12-21-14(20)16(13(18)19)9-5-2-6-10-16/h17H,1-12H2,(H,18,19). The van der Waals surface area contributed by atoms with Gasteiger partial charge in [-0.15, -0.1) is 0 Å². The van der Waals surface area contributed by atoms with Gasteiger partial charge in [0.2, 0.25) is 0 Å². The second-order valence-corrected chi connectivity index (χ2v) is 6.74. The molecule has 2 saturated carbocycles. The van der Waals surface area contributed by atoms with Crippen LogP contribution in [0.15, 0.2) is 0 Å². The van der Waals surface area contributed by atoms with Crippen molar-refractivity contribution < 1.29 is 24.5 Å². The van der Waals surface area contributed by atoms with Crippen LogP contribution in [0.5, 0.6) is 0 Å². The van der Waals surface area contributed by atoms with Crippen molar-refractivity contribution >= 4 is 11.9 Å². The predicted molar refractivity (Wildman–Crippen MR) is 76.7 cm³/mol. The minimum atomic E-state index is -1.36. The Balaban J connectivity index is 2.00. The number of carboxylic acid groups (broad SMARTS) is 1.